The molecule has 0 heterocycles. The fourth-order valence-electron chi connectivity index (χ4n) is 1.61. The first-order valence-electron chi connectivity index (χ1n) is 5.57. The van der Waals surface area contributed by atoms with Crippen LogP contribution in [-0.2, 0) is 10.0 Å². The quantitative estimate of drug-likeness (QED) is 0.856. The number of aromatic hydroxyl groups is 1. The molecule has 0 aliphatic heterocycles. The summed E-state index contributed by atoms with van der Waals surface area (Å²) in [5, 5.41) is 9.57. The Kier molecular flexibility index (Phi) is 3.63. The minimum Gasteiger partial charge on any atom is -0.506 e. The summed E-state index contributed by atoms with van der Waals surface area (Å²) in [6.07, 6.45) is 0. The molecule has 0 aliphatic rings. The van der Waals surface area contributed by atoms with Gasteiger partial charge in [0.05, 0.1) is 5.69 Å². The van der Waals surface area contributed by atoms with E-state index in [1.807, 2.05) is 4.72 Å². The van der Waals surface area contributed by atoms with Gasteiger partial charge in [0.2, 0.25) is 0 Å². The van der Waals surface area contributed by atoms with Crippen LogP contribution in [0.2, 0.25) is 0 Å². The smallest absolute Gasteiger partial charge is 0.265 e. The van der Waals surface area contributed by atoms with Crippen molar-refractivity contribution in [3.8, 4) is 5.75 Å². The molecule has 0 aromatic heterocycles. The van der Waals surface area contributed by atoms with Crippen molar-refractivity contribution < 1.29 is 22.3 Å². The van der Waals surface area contributed by atoms with E-state index in [9.17, 15) is 22.3 Å². The van der Waals surface area contributed by atoms with Crippen LogP contribution in [0.4, 0.5) is 14.5 Å². The summed E-state index contributed by atoms with van der Waals surface area (Å²) in [5.74, 6) is -2.26. The van der Waals surface area contributed by atoms with Crippen molar-refractivity contribution in [2.24, 2.45) is 0 Å². The van der Waals surface area contributed by atoms with Crippen molar-refractivity contribution in [3.63, 3.8) is 0 Å². The molecule has 0 atom stereocenters. The van der Waals surface area contributed by atoms with Gasteiger partial charge in [-0.3, -0.25) is 4.72 Å². The van der Waals surface area contributed by atoms with Gasteiger partial charge in [-0.05, 0) is 42.8 Å². The molecule has 0 amide bonds. The third-order valence-corrected chi connectivity index (χ3v) is 3.96. The highest BCUT2D eigenvalue weighted by molar-refractivity contribution is 7.92. The number of hydrogen-bond acceptors (Lipinski definition) is 3. The summed E-state index contributed by atoms with van der Waals surface area (Å²) < 4.78 is 52.6. The lowest BCUT2D eigenvalue weighted by Gasteiger charge is -2.11. The molecule has 2 aromatic carbocycles. The number of benzene rings is 2. The molecule has 0 bridgehead atoms. The summed E-state index contributed by atoms with van der Waals surface area (Å²) in [7, 11) is -4.33. The molecule has 4 nitrogen and oxygen atoms in total. The molecule has 0 unspecified atom stereocenters. The minimum atomic E-state index is -4.33. The number of halogens is 2. The van der Waals surface area contributed by atoms with Crippen LogP contribution in [0.15, 0.2) is 41.3 Å². The van der Waals surface area contributed by atoms with E-state index in [2.05, 4.69) is 0 Å². The van der Waals surface area contributed by atoms with Gasteiger partial charge in [0, 0.05) is 0 Å². The van der Waals surface area contributed by atoms with E-state index in [-0.39, 0.29) is 11.4 Å². The number of aryl methyl sites for hydroxylation is 1. The van der Waals surface area contributed by atoms with Crippen molar-refractivity contribution in [2.75, 3.05) is 4.72 Å². The standard InChI is InChI=1S/C13H11F2NO3S/c1-8-2-5-12(17)11(6-8)16-20(18,19)13-7-9(14)3-4-10(13)15/h2-7,16-17H,1H3. The van der Waals surface area contributed by atoms with Gasteiger partial charge in [-0.1, -0.05) is 6.07 Å². The molecular weight excluding hydrogens is 288 g/mol. The van der Waals surface area contributed by atoms with Crippen LogP contribution in [0.25, 0.3) is 0 Å². The Morgan fingerprint density at radius 1 is 1.10 bits per heavy atom. The molecular formula is C13H11F2NO3S. The zero-order chi connectivity index (χ0) is 14.9. The van der Waals surface area contributed by atoms with Crippen molar-refractivity contribution in [1.29, 1.82) is 0 Å². The summed E-state index contributed by atoms with van der Waals surface area (Å²) in [6, 6.07) is 6.37. The van der Waals surface area contributed by atoms with Gasteiger partial charge in [0.15, 0.2) is 0 Å². The van der Waals surface area contributed by atoms with E-state index in [4.69, 9.17) is 0 Å². The van der Waals surface area contributed by atoms with Crippen LogP contribution in [0, 0.1) is 18.6 Å². The molecule has 20 heavy (non-hydrogen) atoms. The Labute approximate surface area is 114 Å². The number of phenols is 1. The Morgan fingerprint density at radius 2 is 1.80 bits per heavy atom. The SMILES string of the molecule is Cc1ccc(O)c(NS(=O)(=O)c2cc(F)ccc2F)c1. The van der Waals surface area contributed by atoms with Gasteiger partial charge in [0.25, 0.3) is 10.0 Å². The first-order chi connectivity index (χ1) is 9.29. The maximum absolute atomic E-state index is 13.5. The predicted octanol–water partition coefficient (Wildman–Crippen LogP) is 2.78. The topological polar surface area (TPSA) is 66.4 Å². The number of rotatable bonds is 3. The summed E-state index contributed by atoms with van der Waals surface area (Å²) in [5.41, 5.74) is 0.592. The van der Waals surface area contributed by atoms with Gasteiger partial charge in [-0.2, -0.15) is 0 Å². The van der Waals surface area contributed by atoms with E-state index in [1.54, 1.807) is 13.0 Å². The number of phenolic OH excluding ortho intramolecular Hbond substituents is 1. The van der Waals surface area contributed by atoms with Gasteiger partial charge in [0.1, 0.15) is 22.3 Å². The lowest BCUT2D eigenvalue weighted by Crippen LogP contribution is -2.15. The molecule has 106 valence electrons. The Balaban J connectivity index is 2.46. The highest BCUT2D eigenvalue weighted by Crippen LogP contribution is 2.27. The second kappa shape index (κ2) is 5.09. The van der Waals surface area contributed by atoms with Crippen LogP contribution >= 0.6 is 0 Å². The molecule has 0 radical (unpaired) electrons. The average molecular weight is 299 g/mol. The molecule has 0 saturated heterocycles. The molecule has 0 aliphatic carbocycles. The molecule has 2 rings (SSSR count). The van der Waals surface area contributed by atoms with Crippen molar-refractivity contribution >= 4 is 15.7 Å². The lowest BCUT2D eigenvalue weighted by atomic mass is 10.2. The van der Waals surface area contributed by atoms with Gasteiger partial charge in [-0.15, -0.1) is 0 Å². The maximum atomic E-state index is 13.5. The molecule has 7 heteroatoms. The molecule has 2 N–H and O–H groups in total. The Hall–Kier alpha value is -2.15. The molecule has 0 spiro atoms. The average Bonchev–Trinajstić information content (AvgIpc) is 2.36. The third-order valence-electron chi connectivity index (χ3n) is 2.58. The van der Waals surface area contributed by atoms with Gasteiger partial charge < -0.3 is 5.11 Å². The monoisotopic (exact) mass is 299 g/mol. The zero-order valence-electron chi connectivity index (χ0n) is 10.4. The molecule has 0 fully saturated rings. The largest absolute Gasteiger partial charge is 0.506 e. The van der Waals surface area contributed by atoms with Crippen molar-refractivity contribution in [1.82, 2.24) is 0 Å². The third kappa shape index (κ3) is 2.88. The van der Waals surface area contributed by atoms with E-state index in [0.717, 1.165) is 12.1 Å². The number of anilines is 1. The lowest BCUT2D eigenvalue weighted by molar-refractivity contribution is 0.477. The molecule has 2 aromatic rings. The van der Waals surface area contributed by atoms with Gasteiger partial charge >= 0.3 is 0 Å². The highest BCUT2D eigenvalue weighted by Gasteiger charge is 2.21. The number of sulfonamides is 1. The van der Waals surface area contributed by atoms with Crippen LogP contribution in [0.1, 0.15) is 5.56 Å². The second-order valence-electron chi connectivity index (χ2n) is 4.20. The number of nitrogens with one attached hydrogen (secondary N) is 1. The van der Waals surface area contributed by atoms with E-state index in [1.165, 1.54) is 12.1 Å². The van der Waals surface area contributed by atoms with Gasteiger partial charge in [-0.25, -0.2) is 17.2 Å². The normalized spacial score (nSPS) is 11.3. The summed E-state index contributed by atoms with van der Waals surface area (Å²) in [4.78, 5) is -0.821. The second-order valence-corrected chi connectivity index (χ2v) is 5.85. The zero-order valence-corrected chi connectivity index (χ0v) is 11.2. The summed E-state index contributed by atoms with van der Waals surface area (Å²) >= 11 is 0. The fourth-order valence-corrected chi connectivity index (χ4v) is 2.77. The van der Waals surface area contributed by atoms with Crippen LogP contribution in [-0.4, -0.2) is 13.5 Å². The van der Waals surface area contributed by atoms with Crippen LogP contribution < -0.4 is 4.72 Å². The highest BCUT2D eigenvalue weighted by atomic mass is 32.2. The van der Waals surface area contributed by atoms with Crippen LogP contribution in [0.3, 0.4) is 0 Å². The fraction of sp³-hybridized carbons (Fsp3) is 0.0769. The first kappa shape index (κ1) is 14.3. The predicted molar refractivity (Wildman–Crippen MR) is 70.0 cm³/mol. The molecule has 0 saturated carbocycles. The van der Waals surface area contributed by atoms with Crippen molar-refractivity contribution in [3.05, 3.63) is 53.6 Å². The van der Waals surface area contributed by atoms with E-state index in [0.29, 0.717) is 11.6 Å². The van der Waals surface area contributed by atoms with Crippen molar-refractivity contribution in [2.45, 2.75) is 11.8 Å². The van der Waals surface area contributed by atoms with Crippen LogP contribution in [0.5, 0.6) is 5.75 Å². The first-order valence-corrected chi connectivity index (χ1v) is 7.05. The van der Waals surface area contributed by atoms with E-state index < -0.39 is 26.6 Å². The minimum absolute atomic E-state index is 0.103. The number of hydrogen-bond donors (Lipinski definition) is 2. The Morgan fingerprint density at radius 3 is 2.50 bits per heavy atom. The summed E-state index contributed by atoms with van der Waals surface area (Å²) in [6.45, 7) is 1.69. The van der Waals surface area contributed by atoms with E-state index >= 15 is 0 Å². The maximum Gasteiger partial charge on any atom is 0.265 e. The Bertz CT molecular complexity index is 760.